The zero-order chi connectivity index (χ0) is 6.57. The molecule has 0 aliphatic rings. The molecule has 9 heavy (non-hydrogen) atoms. The second-order valence-corrected chi connectivity index (χ2v) is 1.66. The third kappa shape index (κ3) is 4.53. The van der Waals surface area contributed by atoms with Gasteiger partial charge in [-0.25, -0.2) is 5.84 Å². The van der Waals surface area contributed by atoms with Crippen molar-refractivity contribution in [2.24, 2.45) is 11.6 Å². The van der Waals surface area contributed by atoms with Crippen LogP contribution in [0.5, 0.6) is 0 Å². The van der Waals surface area contributed by atoms with E-state index in [4.69, 9.17) is 11.6 Å². The zero-order valence-electron chi connectivity index (χ0n) is 4.70. The first-order valence-corrected chi connectivity index (χ1v) is 2.72. The van der Waals surface area contributed by atoms with Gasteiger partial charge >= 0.3 is 0 Å². The van der Waals surface area contributed by atoms with Gasteiger partial charge in [0.25, 0.3) is 5.91 Å². The number of rotatable bonds is 2. The van der Waals surface area contributed by atoms with Crippen LogP contribution in [0.1, 0.15) is 0 Å². The summed E-state index contributed by atoms with van der Waals surface area (Å²) in [6.45, 7) is 0. The summed E-state index contributed by atoms with van der Waals surface area (Å²) in [6.07, 6.45) is 0. The first-order valence-electron chi connectivity index (χ1n) is 2.09. The van der Waals surface area contributed by atoms with E-state index in [1.807, 2.05) is 5.43 Å². The summed E-state index contributed by atoms with van der Waals surface area (Å²) in [5.74, 6) is 4.65. The molecule has 0 saturated carbocycles. The van der Waals surface area contributed by atoms with Crippen molar-refractivity contribution in [2.45, 2.75) is 6.04 Å². The molecule has 1 atom stereocenters. The van der Waals surface area contributed by atoms with E-state index < -0.39 is 6.04 Å². The quantitative estimate of drug-likeness (QED) is 0.180. The van der Waals surface area contributed by atoms with E-state index in [-0.39, 0.29) is 18.3 Å². The van der Waals surface area contributed by atoms with Crippen molar-refractivity contribution in [1.82, 2.24) is 5.43 Å². The average Bonchev–Trinajstić information content (AvgIpc) is 1.84. The van der Waals surface area contributed by atoms with Crippen molar-refractivity contribution < 1.29 is 4.79 Å². The van der Waals surface area contributed by atoms with Crippen LogP contribution in [0.2, 0.25) is 0 Å². The monoisotopic (exact) mass is 171 g/mol. The molecule has 0 saturated heterocycles. The van der Waals surface area contributed by atoms with Crippen LogP contribution in [-0.4, -0.2) is 17.7 Å². The van der Waals surface area contributed by atoms with Crippen molar-refractivity contribution in [3.8, 4) is 0 Å². The molecule has 0 radical (unpaired) electrons. The second-order valence-electron chi connectivity index (χ2n) is 1.30. The molecule has 0 spiro atoms. The summed E-state index contributed by atoms with van der Waals surface area (Å²) >= 11 is 3.77. The summed E-state index contributed by atoms with van der Waals surface area (Å²) in [5.41, 5.74) is 7.06. The number of carbonyl (C=O) groups is 1. The third-order valence-electron chi connectivity index (χ3n) is 0.676. The number of amides is 1. The fourth-order valence-electron chi connectivity index (χ4n) is 0.190. The SMILES string of the molecule is Cl.NNC(=O)C(N)CS. The number of hydrogen-bond acceptors (Lipinski definition) is 4. The predicted molar refractivity (Wildman–Crippen MR) is 41.4 cm³/mol. The second kappa shape index (κ2) is 6.15. The maximum atomic E-state index is 10.3. The van der Waals surface area contributed by atoms with E-state index >= 15 is 0 Å². The fourth-order valence-corrected chi connectivity index (χ4v) is 0.356. The smallest absolute Gasteiger partial charge is 0.251 e. The van der Waals surface area contributed by atoms with Crippen molar-refractivity contribution in [3.63, 3.8) is 0 Å². The van der Waals surface area contributed by atoms with Gasteiger partial charge in [-0.05, 0) is 0 Å². The van der Waals surface area contributed by atoms with E-state index in [0.717, 1.165) is 0 Å². The summed E-state index contributed by atoms with van der Waals surface area (Å²) < 4.78 is 0. The summed E-state index contributed by atoms with van der Waals surface area (Å²) in [7, 11) is 0. The maximum absolute atomic E-state index is 10.3. The van der Waals surface area contributed by atoms with Gasteiger partial charge in [0.05, 0.1) is 6.04 Å². The van der Waals surface area contributed by atoms with Gasteiger partial charge in [0.2, 0.25) is 0 Å². The van der Waals surface area contributed by atoms with E-state index in [9.17, 15) is 4.79 Å². The Kier molecular flexibility index (Phi) is 8.06. The Morgan fingerprint density at radius 3 is 2.33 bits per heavy atom. The lowest BCUT2D eigenvalue weighted by Gasteiger charge is -2.03. The summed E-state index contributed by atoms with van der Waals surface area (Å²) in [6, 6.07) is -0.594. The van der Waals surface area contributed by atoms with Crippen molar-refractivity contribution >= 4 is 30.9 Å². The van der Waals surface area contributed by atoms with Crippen LogP contribution in [-0.2, 0) is 4.79 Å². The number of thiol groups is 1. The molecule has 4 nitrogen and oxygen atoms in total. The standard InChI is InChI=1S/C3H9N3OS.ClH/c4-2(1-8)3(7)6-5;/h2,8H,1,4-5H2,(H,6,7);1H. The average molecular weight is 172 g/mol. The highest BCUT2D eigenvalue weighted by molar-refractivity contribution is 7.80. The Hall–Kier alpha value is 0.0300. The number of nitrogens with one attached hydrogen (secondary N) is 1. The van der Waals surface area contributed by atoms with Crippen LogP contribution in [0.15, 0.2) is 0 Å². The van der Waals surface area contributed by atoms with E-state index in [2.05, 4.69) is 12.6 Å². The molecule has 0 heterocycles. The first kappa shape index (κ1) is 11.8. The molecule has 0 bridgehead atoms. The number of hydrazine groups is 1. The van der Waals surface area contributed by atoms with E-state index in [1.165, 1.54) is 0 Å². The Labute approximate surface area is 65.1 Å². The number of nitrogens with two attached hydrogens (primary N) is 2. The van der Waals surface area contributed by atoms with Crippen LogP contribution in [0.3, 0.4) is 0 Å². The Morgan fingerprint density at radius 1 is 1.78 bits per heavy atom. The van der Waals surface area contributed by atoms with Gasteiger partial charge in [0, 0.05) is 5.75 Å². The molecular formula is C3H10ClN3OS. The minimum atomic E-state index is -0.594. The zero-order valence-corrected chi connectivity index (χ0v) is 6.41. The van der Waals surface area contributed by atoms with Gasteiger partial charge in [-0.3, -0.25) is 10.2 Å². The Balaban J connectivity index is 0. The largest absolute Gasteiger partial charge is 0.319 e. The van der Waals surface area contributed by atoms with Crippen molar-refractivity contribution in [3.05, 3.63) is 0 Å². The molecule has 0 rings (SSSR count). The molecular weight excluding hydrogens is 162 g/mol. The highest BCUT2D eigenvalue weighted by Gasteiger charge is 2.07. The molecule has 0 aromatic heterocycles. The molecule has 6 heteroatoms. The first-order chi connectivity index (χ1) is 3.72. The molecule has 0 fully saturated rings. The molecule has 1 unspecified atom stereocenters. The van der Waals surface area contributed by atoms with E-state index in [0.29, 0.717) is 5.75 Å². The molecule has 0 aliphatic carbocycles. The number of carbonyl (C=O) groups excluding carboxylic acids is 1. The van der Waals surface area contributed by atoms with Gasteiger partial charge in [0.1, 0.15) is 0 Å². The van der Waals surface area contributed by atoms with Gasteiger partial charge < -0.3 is 5.73 Å². The van der Waals surface area contributed by atoms with Gasteiger partial charge in [-0.2, -0.15) is 12.6 Å². The van der Waals surface area contributed by atoms with E-state index in [1.54, 1.807) is 0 Å². The molecule has 0 aromatic carbocycles. The van der Waals surface area contributed by atoms with Gasteiger partial charge in [-0.15, -0.1) is 12.4 Å². The van der Waals surface area contributed by atoms with Crippen LogP contribution < -0.4 is 17.0 Å². The normalized spacial score (nSPS) is 11.4. The fraction of sp³-hybridized carbons (Fsp3) is 0.667. The Morgan fingerprint density at radius 2 is 2.22 bits per heavy atom. The van der Waals surface area contributed by atoms with Crippen LogP contribution in [0, 0.1) is 0 Å². The molecule has 1 amide bonds. The lowest BCUT2D eigenvalue weighted by Crippen LogP contribution is -2.44. The van der Waals surface area contributed by atoms with Crippen molar-refractivity contribution in [2.75, 3.05) is 5.75 Å². The predicted octanol–water partition coefficient (Wildman–Crippen LogP) is -1.34. The molecule has 56 valence electrons. The number of halogens is 1. The highest BCUT2D eigenvalue weighted by Crippen LogP contribution is 1.79. The summed E-state index contributed by atoms with van der Waals surface area (Å²) in [4.78, 5) is 10.3. The highest BCUT2D eigenvalue weighted by atomic mass is 35.5. The van der Waals surface area contributed by atoms with Gasteiger partial charge in [0.15, 0.2) is 0 Å². The minimum absolute atomic E-state index is 0. The Bertz CT molecular complexity index is 91.1. The molecule has 0 aliphatic heterocycles. The number of hydrogen-bond donors (Lipinski definition) is 4. The lowest BCUT2D eigenvalue weighted by molar-refractivity contribution is -0.121. The molecule has 5 N–H and O–H groups in total. The van der Waals surface area contributed by atoms with Crippen LogP contribution in [0.4, 0.5) is 0 Å². The van der Waals surface area contributed by atoms with Crippen LogP contribution >= 0.6 is 25.0 Å². The molecule has 0 aromatic rings. The van der Waals surface area contributed by atoms with Gasteiger partial charge in [-0.1, -0.05) is 0 Å². The third-order valence-corrected chi connectivity index (χ3v) is 1.07. The summed E-state index contributed by atoms with van der Waals surface area (Å²) in [5, 5.41) is 0. The topological polar surface area (TPSA) is 81.1 Å². The maximum Gasteiger partial charge on any atom is 0.251 e. The van der Waals surface area contributed by atoms with Crippen LogP contribution in [0.25, 0.3) is 0 Å². The van der Waals surface area contributed by atoms with Crippen molar-refractivity contribution in [1.29, 1.82) is 0 Å². The minimum Gasteiger partial charge on any atom is -0.319 e. The lowest BCUT2D eigenvalue weighted by atomic mass is 10.3.